The number of methoxy groups -OCH3 is 1. The minimum absolute atomic E-state index is 0.119. The van der Waals surface area contributed by atoms with Crippen LogP contribution in [0.2, 0.25) is 5.02 Å². The topological polar surface area (TPSA) is 71.5 Å². The van der Waals surface area contributed by atoms with E-state index >= 15 is 0 Å². The number of amides is 2. The molecule has 2 aromatic carbocycles. The highest BCUT2D eigenvalue weighted by molar-refractivity contribution is 7.17. The van der Waals surface area contributed by atoms with Gasteiger partial charge in [-0.05, 0) is 37.1 Å². The molecular weight excluding hydrogens is 434 g/mol. The molecule has 8 heteroatoms. The Hall–Kier alpha value is -2.90. The molecule has 1 aromatic heterocycles. The monoisotopic (exact) mass is 457 g/mol. The molecule has 0 aliphatic rings. The summed E-state index contributed by atoms with van der Waals surface area (Å²) in [5.41, 5.74) is 3.31. The number of hydrogen-bond donors (Lipinski definition) is 1. The maximum atomic E-state index is 12.9. The number of ether oxygens (including phenoxy) is 1. The first-order valence-corrected chi connectivity index (χ1v) is 11.0. The van der Waals surface area contributed by atoms with Gasteiger partial charge in [0, 0.05) is 17.6 Å². The Labute approximate surface area is 190 Å². The van der Waals surface area contributed by atoms with Crippen LogP contribution in [0, 0.1) is 6.92 Å². The van der Waals surface area contributed by atoms with Crippen LogP contribution in [-0.2, 0) is 11.2 Å². The average Bonchev–Trinajstić information content (AvgIpc) is 3.14. The van der Waals surface area contributed by atoms with Crippen molar-refractivity contribution in [3.63, 3.8) is 0 Å². The molecule has 0 radical (unpaired) electrons. The van der Waals surface area contributed by atoms with Crippen molar-refractivity contribution in [2.24, 2.45) is 0 Å². The number of rotatable bonds is 7. The molecule has 162 valence electrons. The van der Waals surface area contributed by atoms with E-state index in [1.54, 1.807) is 32.2 Å². The van der Waals surface area contributed by atoms with E-state index < -0.39 is 0 Å². The lowest BCUT2D eigenvalue weighted by Crippen LogP contribution is -2.34. The zero-order valence-corrected chi connectivity index (χ0v) is 19.4. The fourth-order valence-corrected chi connectivity index (χ4v) is 4.27. The molecule has 3 aromatic rings. The number of halogens is 1. The van der Waals surface area contributed by atoms with Crippen molar-refractivity contribution >= 4 is 40.4 Å². The number of hydrogen-bond acceptors (Lipinski definition) is 5. The zero-order valence-electron chi connectivity index (χ0n) is 17.9. The Kier molecular flexibility index (Phi) is 7.30. The largest absolute Gasteiger partial charge is 0.495 e. The minimum Gasteiger partial charge on any atom is -0.495 e. The Morgan fingerprint density at radius 2 is 1.90 bits per heavy atom. The van der Waals surface area contributed by atoms with Crippen LogP contribution >= 0.6 is 22.9 Å². The number of aromatic nitrogens is 1. The maximum Gasteiger partial charge on any atom is 0.266 e. The third kappa shape index (κ3) is 5.42. The number of carbonyl (C=O) groups excluding carboxylic acids is 2. The van der Waals surface area contributed by atoms with Crippen molar-refractivity contribution < 1.29 is 14.3 Å². The lowest BCUT2D eigenvalue weighted by molar-refractivity contribution is -0.116. The molecule has 0 aliphatic heterocycles. The number of anilines is 1. The number of carbonyl (C=O) groups is 2. The molecule has 0 saturated carbocycles. The van der Waals surface area contributed by atoms with E-state index in [4.69, 9.17) is 16.3 Å². The molecule has 31 heavy (non-hydrogen) atoms. The summed E-state index contributed by atoms with van der Waals surface area (Å²) >= 11 is 7.33. The molecule has 2 amide bonds. The predicted octanol–water partition coefficient (Wildman–Crippen LogP) is 5.05. The van der Waals surface area contributed by atoms with E-state index in [-0.39, 0.29) is 18.4 Å². The van der Waals surface area contributed by atoms with E-state index in [2.05, 4.69) is 29.4 Å². The highest BCUT2D eigenvalue weighted by Crippen LogP contribution is 2.30. The summed E-state index contributed by atoms with van der Waals surface area (Å²) in [5.74, 6) is -0.114. The molecule has 0 unspecified atom stereocenters. The lowest BCUT2D eigenvalue weighted by Gasteiger charge is -2.17. The van der Waals surface area contributed by atoms with Crippen molar-refractivity contribution in [2.75, 3.05) is 26.0 Å². The molecular formula is C23H24ClN3O3S. The average molecular weight is 458 g/mol. The number of nitrogens with zero attached hydrogens (tertiary/aromatic N) is 2. The normalized spacial score (nSPS) is 10.6. The Balaban J connectivity index is 1.70. The standard InChI is InChI=1S/C23H24ClN3O3S/c1-5-15-6-8-16(9-7-15)22-25-14(2)21(31-22)23(29)27(3)13-20(28)26-18-12-17(24)10-11-19(18)30-4/h6-12H,5,13H2,1-4H3,(H,26,28). The van der Waals surface area contributed by atoms with E-state index in [0.29, 0.717) is 27.0 Å². The summed E-state index contributed by atoms with van der Waals surface area (Å²) in [7, 11) is 3.10. The third-order valence-corrected chi connectivity index (χ3v) is 6.19. The quantitative estimate of drug-likeness (QED) is 0.538. The van der Waals surface area contributed by atoms with Crippen LogP contribution in [0.1, 0.15) is 27.9 Å². The second kappa shape index (κ2) is 9.94. The van der Waals surface area contributed by atoms with Gasteiger partial charge in [-0.3, -0.25) is 9.59 Å². The molecule has 0 fully saturated rings. The van der Waals surface area contributed by atoms with Crippen LogP contribution < -0.4 is 10.1 Å². The van der Waals surface area contributed by atoms with Gasteiger partial charge in [0.05, 0.1) is 25.0 Å². The van der Waals surface area contributed by atoms with Crippen LogP contribution in [0.5, 0.6) is 5.75 Å². The maximum absolute atomic E-state index is 12.9. The van der Waals surface area contributed by atoms with Gasteiger partial charge in [0.15, 0.2) is 0 Å². The SMILES string of the molecule is CCc1ccc(-c2nc(C)c(C(=O)N(C)CC(=O)Nc3cc(Cl)ccc3OC)s2)cc1. The number of nitrogens with one attached hydrogen (secondary N) is 1. The van der Waals surface area contributed by atoms with Gasteiger partial charge in [0.2, 0.25) is 5.91 Å². The fraction of sp³-hybridized carbons (Fsp3) is 0.261. The smallest absolute Gasteiger partial charge is 0.266 e. The molecule has 1 heterocycles. The first-order chi connectivity index (χ1) is 14.8. The molecule has 0 aliphatic carbocycles. The summed E-state index contributed by atoms with van der Waals surface area (Å²) in [6.07, 6.45) is 0.967. The molecule has 3 rings (SSSR count). The highest BCUT2D eigenvalue weighted by Gasteiger charge is 2.21. The zero-order chi connectivity index (χ0) is 22.5. The summed E-state index contributed by atoms with van der Waals surface area (Å²) in [6, 6.07) is 13.1. The van der Waals surface area contributed by atoms with Crippen molar-refractivity contribution in [3.8, 4) is 16.3 Å². The molecule has 6 nitrogen and oxygen atoms in total. The molecule has 1 N–H and O–H groups in total. The van der Waals surface area contributed by atoms with Crippen molar-refractivity contribution in [1.82, 2.24) is 9.88 Å². The van der Waals surface area contributed by atoms with Crippen molar-refractivity contribution in [3.05, 3.63) is 63.6 Å². The summed E-state index contributed by atoms with van der Waals surface area (Å²) in [4.78, 5) is 31.9. The van der Waals surface area contributed by atoms with E-state index in [0.717, 1.165) is 17.0 Å². The number of benzene rings is 2. The molecule has 0 bridgehead atoms. The van der Waals surface area contributed by atoms with Gasteiger partial charge >= 0.3 is 0 Å². The summed E-state index contributed by atoms with van der Waals surface area (Å²) in [5, 5.41) is 4.00. The Bertz CT molecular complexity index is 1100. The van der Waals surface area contributed by atoms with Crippen LogP contribution in [0.3, 0.4) is 0 Å². The Morgan fingerprint density at radius 3 is 2.55 bits per heavy atom. The van der Waals surface area contributed by atoms with Gasteiger partial charge in [-0.1, -0.05) is 42.8 Å². The van der Waals surface area contributed by atoms with E-state index in [9.17, 15) is 9.59 Å². The molecule has 0 spiro atoms. The van der Waals surface area contributed by atoms with Crippen LogP contribution in [0.15, 0.2) is 42.5 Å². The third-order valence-electron chi connectivity index (χ3n) is 4.76. The van der Waals surface area contributed by atoms with Crippen LogP contribution in [0.4, 0.5) is 5.69 Å². The second-order valence-corrected chi connectivity index (χ2v) is 8.47. The molecule has 0 atom stereocenters. The first-order valence-electron chi connectivity index (χ1n) is 9.78. The lowest BCUT2D eigenvalue weighted by atomic mass is 10.1. The van der Waals surface area contributed by atoms with Gasteiger partial charge < -0.3 is 15.0 Å². The number of thiazole rings is 1. The second-order valence-electron chi connectivity index (χ2n) is 7.04. The number of likely N-dealkylation sites (N-methyl/N-ethyl adjacent to an activating group) is 1. The Morgan fingerprint density at radius 1 is 1.19 bits per heavy atom. The van der Waals surface area contributed by atoms with Gasteiger partial charge in [0.1, 0.15) is 15.6 Å². The first kappa shape index (κ1) is 22.8. The van der Waals surface area contributed by atoms with Gasteiger partial charge in [-0.2, -0.15) is 0 Å². The van der Waals surface area contributed by atoms with Gasteiger partial charge in [0.25, 0.3) is 5.91 Å². The molecule has 0 saturated heterocycles. The van der Waals surface area contributed by atoms with Gasteiger partial charge in [-0.25, -0.2) is 4.98 Å². The minimum atomic E-state index is -0.353. The van der Waals surface area contributed by atoms with Crippen LogP contribution in [0.25, 0.3) is 10.6 Å². The van der Waals surface area contributed by atoms with Crippen molar-refractivity contribution in [2.45, 2.75) is 20.3 Å². The van der Waals surface area contributed by atoms with Crippen LogP contribution in [-0.4, -0.2) is 42.4 Å². The van der Waals surface area contributed by atoms with E-state index in [1.165, 1.54) is 28.9 Å². The van der Waals surface area contributed by atoms with Crippen molar-refractivity contribution in [1.29, 1.82) is 0 Å². The van der Waals surface area contributed by atoms with E-state index in [1.807, 2.05) is 12.1 Å². The predicted molar refractivity (Wildman–Crippen MR) is 125 cm³/mol. The number of aryl methyl sites for hydroxylation is 2. The summed E-state index contributed by atoms with van der Waals surface area (Å²) < 4.78 is 5.24. The fourth-order valence-electron chi connectivity index (χ4n) is 3.03. The summed E-state index contributed by atoms with van der Waals surface area (Å²) in [6.45, 7) is 3.79. The highest BCUT2D eigenvalue weighted by atomic mass is 35.5. The van der Waals surface area contributed by atoms with Gasteiger partial charge in [-0.15, -0.1) is 11.3 Å².